The molecule has 0 radical (unpaired) electrons. The van der Waals surface area contributed by atoms with Gasteiger partial charge in [-0.2, -0.15) is 0 Å². The quantitative estimate of drug-likeness (QED) is 0.0353. The number of unbranched alkanes of at least 4 members (excludes halogenated alkanes) is 8. The first kappa shape index (κ1) is 70.7. The van der Waals surface area contributed by atoms with E-state index < -0.39 is 0 Å². The van der Waals surface area contributed by atoms with Gasteiger partial charge in [0.25, 0.3) is 0 Å². The maximum atomic E-state index is 13.1. The Bertz CT molecular complexity index is 1230. The molecular weight excluding hydrogens is 905 g/mol. The van der Waals surface area contributed by atoms with Crippen LogP contribution in [0.2, 0.25) is 0 Å². The van der Waals surface area contributed by atoms with Crippen LogP contribution in [0.3, 0.4) is 0 Å². The van der Waals surface area contributed by atoms with Crippen molar-refractivity contribution in [3.63, 3.8) is 0 Å². The van der Waals surface area contributed by atoms with E-state index >= 15 is 0 Å². The van der Waals surface area contributed by atoms with E-state index in [-0.39, 0.29) is 37.4 Å². The first-order valence-corrected chi connectivity index (χ1v) is 30.7. The smallest absolute Gasteiger partial charge is 0.306 e. The Balaban J connectivity index is 5.05. The second-order valence-corrected chi connectivity index (χ2v) is 24.2. The lowest BCUT2D eigenvalue weighted by atomic mass is 9.95. The minimum atomic E-state index is -0.0326. The third-order valence-electron chi connectivity index (χ3n) is 14.2. The molecule has 0 heterocycles. The molecule has 0 rings (SSSR count). The molecule has 0 aromatic carbocycles. The Morgan fingerprint density at radius 3 is 0.904 bits per heavy atom. The molecule has 8 nitrogen and oxygen atoms in total. The Hall–Kier alpha value is -2.26. The molecule has 0 aliphatic heterocycles. The van der Waals surface area contributed by atoms with Gasteiger partial charge in [-0.15, -0.1) is 0 Å². The van der Waals surface area contributed by atoms with Gasteiger partial charge in [0, 0.05) is 25.9 Å². The number of hydrogen-bond donors (Lipinski definition) is 2. The van der Waals surface area contributed by atoms with E-state index in [0.717, 1.165) is 174 Å². The van der Waals surface area contributed by atoms with Crippen LogP contribution in [0, 0.1) is 47.3 Å². The summed E-state index contributed by atoms with van der Waals surface area (Å²) in [6.07, 6.45) is 43.6. The molecule has 0 aliphatic carbocycles. The van der Waals surface area contributed by atoms with Gasteiger partial charge in [-0.3, -0.25) is 14.5 Å². The maximum Gasteiger partial charge on any atom is 0.306 e. The molecule has 8 heteroatoms. The summed E-state index contributed by atoms with van der Waals surface area (Å²) in [4.78, 5) is 31.0. The summed E-state index contributed by atoms with van der Waals surface area (Å²) in [5.41, 5.74) is 0. The van der Waals surface area contributed by atoms with Gasteiger partial charge in [0.2, 0.25) is 0 Å². The van der Waals surface area contributed by atoms with E-state index in [9.17, 15) is 19.8 Å². The monoisotopic (exact) mass is 1030 g/mol. The SMILES string of the molecule is CC(C)C/C=C/C(C)CCC(CCC(C)/C=C/CC(C)C)OC(=O)CCCCCCCN(CCCCCCCC(=O)OC(CCC(C)/C=C/CC(C)C)CCC(C)/C=C/CC(C)C)CCCN(CCO)CCO. The molecule has 0 spiro atoms. The standard InChI is InChI=1S/C65H122N2O6/c1-54(2)28-23-32-58(9)38-42-62(43-39-59(10)33-24-29-55(3)4)72-64(70)36-19-15-13-17-21-46-66(48-27-49-67(50-52-68)51-53-69)47-22-18-14-16-20-37-65(71)73-63(44-40-60(11)34-25-30-56(5)6)45-41-61(12)35-26-31-57(7)8/h23-26,32-35,54-63,68-69H,13-22,27-31,36-53H2,1-12H3/b32-23+,33-24+,34-25+,35-26+. The fraction of sp³-hybridized carbons (Fsp3) is 0.846. The summed E-state index contributed by atoms with van der Waals surface area (Å²) in [6, 6.07) is 0. The van der Waals surface area contributed by atoms with Crippen molar-refractivity contribution in [1.29, 1.82) is 0 Å². The van der Waals surface area contributed by atoms with Crippen LogP contribution in [-0.2, 0) is 19.1 Å². The lowest BCUT2D eigenvalue weighted by Crippen LogP contribution is -2.34. The fourth-order valence-electron chi connectivity index (χ4n) is 9.27. The van der Waals surface area contributed by atoms with E-state index in [1.54, 1.807) is 0 Å². The van der Waals surface area contributed by atoms with Crippen molar-refractivity contribution in [1.82, 2.24) is 9.80 Å². The highest BCUT2D eigenvalue weighted by molar-refractivity contribution is 5.69. The van der Waals surface area contributed by atoms with E-state index in [1.807, 2.05) is 0 Å². The molecule has 4 unspecified atom stereocenters. The molecule has 0 aromatic heterocycles. The molecule has 0 amide bonds. The van der Waals surface area contributed by atoms with Crippen LogP contribution in [0.5, 0.6) is 0 Å². The molecule has 0 fully saturated rings. The molecule has 0 saturated heterocycles. The zero-order chi connectivity index (χ0) is 54.5. The number of nitrogens with zero attached hydrogens (tertiary/aromatic N) is 2. The summed E-state index contributed by atoms with van der Waals surface area (Å²) in [6.45, 7) is 32.6. The van der Waals surface area contributed by atoms with Gasteiger partial charge in [-0.25, -0.2) is 0 Å². The van der Waals surface area contributed by atoms with Crippen molar-refractivity contribution >= 4 is 11.9 Å². The van der Waals surface area contributed by atoms with Crippen LogP contribution in [0.4, 0.5) is 0 Å². The summed E-state index contributed by atoms with van der Waals surface area (Å²) in [5, 5.41) is 19.1. The molecule has 2 N–H and O–H groups in total. The van der Waals surface area contributed by atoms with Gasteiger partial charge in [-0.1, -0.05) is 170 Å². The number of aliphatic hydroxyl groups excluding tert-OH is 2. The number of allylic oxidation sites excluding steroid dienone is 8. The Morgan fingerprint density at radius 2 is 0.616 bits per heavy atom. The third kappa shape index (κ3) is 47.9. The van der Waals surface area contributed by atoms with Gasteiger partial charge < -0.3 is 24.6 Å². The van der Waals surface area contributed by atoms with Crippen molar-refractivity contribution in [3.05, 3.63) is 48.6 Å². The molecule has 428 valence electrons. The molecule has 0 aliphatic rings. The lowest BCUT2D eigenvalue weighted by Gasteiger charge is -2.25. The van der Waals surface area contributed by atoms with Crippen LogP contribution in [-0.4, -0.2) is 96.6 Å². The van der Waals surface area contributed by atoms with E-state index in [4.69, 9.17) is 9.47 Å². The predicted molar refractivity (Wildman–Crippen MR) is 315 cm³/mol. The van der Waals surface area contributed by atoms with Crippen molar-refractivity contribution in [3.8, 4) is 0 Å². The minimum Gasteiger partial charge on any atom is -0.462 e. The third-order valence-corrected chi connectivity index (χ3v) is 14.2. The zero-order valence-electron chi connectivity index (χ0n) is 50.1. The van der Waals surface area contributed by atoms with E-state index in [1.165, 1.54) is 0 Å². The summed E-state index contributed by atoms with van der Waals surface area (Å²) in [5.74, 6) is 4.54. The van der Waals surface area contributed by atoms with Gasteiger partial charge >= 0.3 is 11.9 Å². The number of aliphatic hydroxyl groups is 2. The number of carbonyl (C=O) groups excluding carboxylic acids is 2. The van der Waals surface area contributed by atoms with E-state index in [2.05, 4.69) is 141 Å². The van der Waals surface area contributed by atoms with Crippen molar-refractivity contribution < 1.29 is 29.3 Å². The average Bonchev–Trinajstić information content (AvgIpc) is 3.31. The topological polar surface area (TPSA) is 99.5 Å². The highest BCUT2D eigenvalue weighted by Gasteiger charge is 2.19. The van der Waals surface area contributed by atoms with Crippen LogP contribution in [0.25, 0.3) is 0 Å². The van der Waals surface area contributed by atoms with Crippen molar-refractivity contribution in [2.45, 2.75) is 256 Å². The van der Waals surface area contributed by atoms with Crippen molar-refractivity contribution in [2.75, 3.05) is 52.5 Å². The van der Waals surface area contributed by atoms with Crippen LogP contribution < -0.4 is 0 Å². The van der Waals surface area contributed by atoms with Gasteiger partial charge in [-0.05, 0) is 183 Å². The number of ether oxygens (including phenoxy) is 2. The first-order chi connectivity index (χ1) is 34.9. The molecule has 73 heavy (non-hydrogen) atoms. The van der Waals surface area contributed by atoms with Gasteiger partial charge in [0.1, 0.15) is 12.2 Å². The molecule has 0 bridgehead atoms. The fourth-order valence-corrected chi connectivity index (χ4v) is 9.27. The largest absolute Gasteiger partial charge is 0.462 e. The zero-order valence-corrected chi connectivity index (χ0v) is 50.1. The maximum absolute atomic E-state index is 13.1. The Kier molecular flexibility index (Phi) is 46.6. The molecular formula is C65H122N2O6. The highest BCUT2D eigenvalue weighted by atomic mass is 16.5. The average molecular weight is 1030 g/mol. The van der Waals surface area contributed by atoms with Crippen LogP contribution in [0.1, 0.15) is 244 Å². The molecule has 0 saturated carbocycles. The highest BCUT2D eigenvalue weighted by Crippen LogP contribution is 2.23. The second kappa shape index (κ2) is 48.1. The Labute approximate surface area is 453 Å². The second-order valence-electron chi connectivity index (χ2n) is 24.2. The van der Waals surface area contributed by atoms with E-state index in [0.29, 0.717) is 73.3 Å². The number of rotatable bonds is 50. The summed E-state index contributed by atoms with van der Waals surface area (Å²) in [7, 11) is 0. The number of hydrogen-bond acceptors (Lipinski definition) is 8. The van der Waals surface area contributed by atoms with Crippen LogP contribution >= 0.6 is 0 Å². The number of esters is 2. The Morgan fingerprint density at radius 1 is 0.356 bits per heavy atom. The lowest BCUT2D eigenvalue weighted by molar-refractivity contribution is -0.151. The summed E-state index contributed by atoms with van der Waals surface area (Å²) >= 11 is 0. The minimum absolute atomic E-state index is 0.0147. The number of carbonyl (C=O) groups is 2. The first-order valence-electron chi connectivity index (χ1n) is 30.7. The molecule has 0 aromatic rings. The van der Waals surface area contributed by atoms with Gasteiger partial charge in [0.05, 0.1) is 13.2 Å². The normalized spacial score (nSPS) is 15.2. The van der Waals surface area contributed by atoms with Gasteiger partial charge in [0.15, 0.2) is 0 Å². The predicted octanol–water partition coefficient (Wildman–Crippen LogP) is 16.5. The molecule has 4 atom stereocenters. The summed E-state index contributed by atoms with van der Waals surface area (Å²) < 4.78 is 12.4. The van der Waals surface area contributed by atoms with Crippen LogP contribution in [0.15, 0.2) is 48.6 Å². The van der Waals surface area contributed by atoms with Crippen molar-refractivity contribution in [2.24, 2.45) is 47.3 Å².